The predicted octanol–water partition coefficient (Wildman–Crippen LogP) is -0.873. The summed E-state index contributed by atoms with van der Waals surface area (Å²) in [5, 5.41) is 7.77. The van der Waals surface area contributed by atoms with Crippen LogP contribution in [0.25, 0.3) is 17.2 Å². The average molecular weight is 292 g/mol. The number of nitrogens with two attached hydrogens (primary N) is 1. The average Bonchev–Trinajstić information content (AvgIpc) is 2.84. The first-order valence-electron chi connectivity index (χ1n) is 5.40. The summed E-state index contributed by atoms with van der Waals surface area (Å²) in [6.07, 6.45) is 0. The van der Waals surface area contributed by atoms with Crippen molar-refractivity contribution < 1.29 is 8.42 Å². The highest BCUT2D eigenvalue weighted by Crippen LogP contribution is 2.12. The molecule has 2 heterocycles. The smallest absolute Gasteiger partial charge is 0.290 e. The third-order valence-electron chi connectivity index (χ3n) is 2.50. The molecule has 10 heteroatoms. The van der Waals surface area contributed by atoms with Crippen molar-refractivity contribution in [3.8, 4) is 11.4 Å². The molecule has 2 aromatic heterocycles. The van der Waals surface area contributed by atoms with Crippen molar-refractivity contribution in [3.63, 3.8) is 0 Å². The van der Waals surface area contributed by atoms with Gasteiger partial charge in [0.05, 0.1) is 0 Å². The fourth-order valence-electron chi connectivity index (χ4n) is 1.63. The second-order valence-electron chi connectivity index (χ2n) is 3.91. The lowest BCUT2D eigenvalue weighted by Crippen LogP contribution is -2.20. The van der Waals surface area contributed by atoms with Crippen molar-refractivity contribution in [3.05, 3.63) is 40.8 Å². The van der Waals surface area contributed by atoms with Crippen molar-refractivity contribution in [1.82, 2.24) is 24.6 Å². The number of aromatic amines is 1. The largest absolute Gasteiger partial charge is 0.351 e. The van der Waals surface area contributed by atoms with Crippen LogP contribution in [0.4, 0.5) is 0 Å². The fraction of sp³-hybridized carbons (Fsp3) is 0. The van der Waals surface area contributed by atoms with Crippen LogP contribution in [0.1, 0.15) is 0 Å². The molecule has 3 N–H and O–H groups in total. The number of rotatable bonds is 2. The summed E-state index contributed by atoms with van der Waals surface area (Å²) >= 11 is 0. The monoisotopic (exact) mass is 292 g/mol. The molecule has 0 aliphatic heterocycles. The Labute approximate surface area is 112 Å². The molecule has 102 valence electrons. The van der Waals surface area contributed by atoms with Gasteiger partial charge in [-0.25, -0.2) is 18.4 Å². The third kappa shape index (κ3) is 2.06. The maximum Gasteiger partial charge on any atom is 0.351 e. The zero-order chi connectivity index (χ0) is 14.3. The van der Waals surface area contributed by atoms with Gasteiger partial charge < -0.3 is 0 Å². The van der Waals surface area contributed by atoms with E-state index in [4.69, 9.17) is 5.14 Å². The van der Waals surface area contributed by atoms with Crippen LogP contribution in [-0.2, 0) is 10.0 Å². The standard InChI is InChI=1S/C10H8N6O3S/c11-20(18,19)9-14-8-12-7(6-4-2-1-3-5-6)13-10(17)16(8)15-9/h1-5H,(H2,11,18,19)(H,12,13,14,15,17). The number of hydrogen-bond donors (Lipinski definition) is 2. The topological polar surface area (TPSA) is 136 Å². The second kappa shape index (κ2) is 4.21. The normalized spacial score (nSPS) is 11.8. The lowest BCUT2D eigenvalue weighted by atomic mass is 10.2. The molecule has 0 saturated heterocycles. The molecule has 0 fully saturated rings. The van der Waals surface area contributed by atoms with Crippen LogP contribution >= 0.6 is 0 Å². The molecular formula is C10H8N6O3S. The molecule has 0 unspecified atom stereocenters. The van der Waals surface area contributed by atoms with Gasteiger partial charge in [-0.15, -0.1) is 9.61 Å². The van der Waals surface area contributed by atoms with Crippen molar-refractivity contribution in [2.75, 3.05) is 0 Å². The van der Waals surface area contributed by atoms with Gasteiger partial charge in [-0.05, 0) is 0 Å². The molecule has 0 atom stereocenters. The number of sulfonamides is 1. The summed E-state index contributed by atoms with van der Waals surface area (Å²) in [5.74, 6) is 0.119. The Balaban J connectivity index is 2.28. The van der Waals surface area contributed by atoms with Crippen LogP contribution in [0, 0.1) is 0 Å². The van der Waals surface area contributed by atoms with E-state index in [1.54, 1.807) is 24.3 Å². The summed E-state index contributed by atoms with van der Waals surface area (Å²) in [4.78, 5) is 22.0. The van der Waals surface area contributed by atoms with Gasteiger partial charge in [0.15, 0.2) is 0 Å². The number of fused-ring (bicyclic) bond motifs is 1. The number of primary sulfonamides is 1. The predicted molar refractivity (Wildman–Crippen MR) is 68.2 cm³/mol. The first kappa shape index (κ1) is 12.4. The van der Waals surface area contributed by atoms with E-state index in [9.17, 15) is 13.2 Å². The highest BCUT2D eigenvalue weighted by atomic mass is 32.2. The summed E-state index contributed by atoms with van der Waals surface area (Å²) in [5.41, 5.74) is 0.00325. The maximum absolute atomic E-state index is 11.8. The lowest BCUT2D eigenvalue weighted by Gasteiger charge is -1.99. The molecule has 3 rings (SSSR count). The van der Waals surface area contributed by atoms with Gasteiger partial charge in [0, 0.05) is 5.56 Å². The number of benzene rings is 1. The van der Waals surface area contributed by atoms with E-state index in [0.717, 1.165) is 4.52 Å². The van der Waals surface area contributed by atoms with Crippen molar-refractivity contribution in [1.29, 1.82) is 0 Å². The highest BCUT2D eigenvalue weighted by molar-refractivity contribution is 7.89. The van der Waals surface area contributed by atoms with Gasteiger partial charge in [0.2, 0.25) is 0 Å². The molecule has 3 aromatic rings. The first-order valence-corrected chi connectivity index (χ1v) is 6.95. The number of aromatic nitrogens is 5. The van der Waals surface area contributed by atoms with Gasteiger partial charge in [0.25, 0.3) is 21.0 Å². The fourth-order valence-corrected chi connectivity index (χ4v) is 2.03. The van der Waals surface area contributed by atoms with Crippen LogP contribution in [0.3, 0.4) is 0 Å². The van der Waals surface area contributed by atoms with E-state index in [1.807, 2.05) is 6.07 Å². The minimum atomic E-state index is -4.09. The van der Waals surface area contributed by atoms with Crippen molar-refractivity contribution >= 4 is 15.8 Å². The SMILES string of the molecule is NS(=O)(=O)c1nc2nc(-c3ccccc3)[nH]c(=O)n2n1. The number of H-pyrrole nitrogens is 1. The van der Waals surface area contributed by atoms with Gasteiger partial charge in [-0.3, -0.25) is 4.98 Å². The van der Waals surface area contributed by atoms with Crippen LogP contribution in [0.5, 0.6) is 0 Å². The van der Waals surface area contributed by atoms with E-state index < -0.39 is 20.9 Å². The molecule has 0 spiro atoms. The van der Waals surface area contributed by atoms with E-state index in [0.29, 0.717) is 5.56 Å². The lowest BCUT2D eigenvalue weighted by molar-refractivity contribution is 0.588. The molecule has 0 saturated carbocycles. The van der Waals surface area contributed by atoms with Crippen molar-refractivity contribution in [2.45, 2.75) is 5.16 Å². The minimum absolute atomic E-state index is 0.142. The molecular weight excluding hydrogens is 284 g/mol. The Morgan fingerprint density at radius 3 is 2.50 bits per heavy atom. The summed E-state index contributed by atoms with van der Waals surface area (Å²) in [6, 6.07) is 8.85. The molecule has 0 aliphatic carbocycles. The quantitative estimate of drug-likeness (QED) is 0.630. The Morgan fingerprint density at radius 1 is 1.15 bits per heavy atom. The Kier molecular flexibility index (Phi) is 2.62. The maximum atomic E-state index is 11.8. The molecule has 0 aliphatic rings. The van der Waals surface area contributed by atoms with E-state index in [1.165, 1.54) is 0 Å². The first-order chi connectivity index (χ1) is 9.45. The van der Waals surface area contributed by atoms with E-state index in [-0.39, 0.29) is 11.6 Å². The zero-order valence-electron chi connectivity index (χ0n) is 9.89. The minimum Gasteiger partial charge on any atom is -0.290 e. The van der Waals surface area contributed by atoms with Crippen LogP contribution in [0.2, 0.25) is 0 Å². The van der Waals surface area contributed by atoms with Crippen LogP contribution in [-0.4, -0.2) is 33.0 Å². The second-order valence-corrected chi connectivity index (χ2v) is 5.36. The van der Waals surface area contributed by atoms with Gasteiger partial charge in [0.1, 0.15) is 5.82 Å². The molecule has 20 heavy (non-hydrogen) atoms. The molecule has 0 amide bonds. The van der Waals surface area contributed by atoms with E-state index in [2.05, 4.69) is 20.1 Å². The Bertz CT molecular complexity index is 944. The summed E-state index contributed by atoms with van der Waals surface area (Å²) < 4.78 is 23.1. The van der Waals surface area contributed by atoms with Gasteiger partial charge in [-0.1, -0.05) is 30.3 Å². The Hall–Kier alpha value is -2.59. The zero-order valence-corrected chi connectivity index (χ0v) is 10.7. The van der Waals surface area contributed by atoms with Crippen molar-refractivity contribution in [2.24, 2.45) is 5.14 Å². The van der Waals surface area contributed by atoms with Crippen LogP contribution < -0.4 is 10.8 Å². The van der Waals surface area contributed by atoms with Gasteiger partial charge in [-0.2, -0.15) is 9.97 Å². The molecule has 9 nitrogen and oxygen atoms in total. The summed E-state index contributed by atoms with van der Waals surface area (Å²) in [6.45, 7) is 0. The molecule has 1 aromatic carbocycles. The number of hydrogen-bond acceptors (Lipinski definition) is 6. The third-order valence-corrected chi connectivity index (χ3v) is 3.18. The number of nitrogens with zero attached hydrogens (tertiary/aromatic N) is 4. The molecule has 0 radical (unpaired) electrons. The number of nitrogens with one attached hydrogen (secondary N) is 1. The van der Waals surface area contributed by atoms with E-state index >= 15 is 0 Å². The van der Waals surface area contributed by atoms with Gasteiger partial charge >= 0.3 is 5.69 Å². The van der Waals surface area contributed by atoms with Crippen LogP contribution in [0.15, 0.2) is 40.3 Å². The highest BCUT2D eigenvalue weighted by Gasteiger charge is 2.18. The summed E-state index contributed by atoms with van der Waals surface area (Å²) in [7, 11) is -4.09. The molecule has 0 bridgehead atoms. The Morgan fingerprint density at radius 2 is 1.85 bits per heavy atom.